The van der Waals surface area contributed by atoms with Gasteiger partial charge in [-0.15, -0.1) is 11.8 Å². The van der Waals surface area contributed by atoms with Crippen molar-refractivity contribution in [2.45, 2.75) is 11.8 Å². The first-order valence-corrected chi connectivity index (χ1v) is 4.45. The second-order valence-corrected chi connectivity index (χ2v) is 2.40. The van der Waals surface area contributed by atoms with Gasteiger partial charge in [0.15, 0.2) is 0 Å². The van der Waals surface area contributed by atoms with Gasteiger partial charge in [-0.1, -0.05) is 18.2 Å². The molecule has 0 radical (unpaired) electrons. The maximum absolute atomic E-state index is 3.25. The Balaban J connectivity index is -0.000000189. The molecule has 0 aliphatic heterocycles. The van der Waals surface area contributed by atoms with E-state index in [0.717, 1.165) is 0 Å². The summed E-state index contributed by atoms with van der Waals surface area (Å²) in [5.41, 5.74) is 0. The number of benzene rings is 1. The summed E-state index contributed by atoms with van der Waals surface area (Å²) in [7, 11) is 0. The molecule has 0 amide bonds. The third-order valence-electron chi connectivity index (χ3n) is 0.979. The van der Waals surface area contributed by atoms with Crippen LogP contribution in [0.25, 0.3) is 0 Å². The SMILES string of the molecule is CSc1ccccc1.[Br-].[CH2-]C.[Mg+2]. The molecule has 0 nitrogen and oxygen atoms in total. The second kappa shape index (κ2) is 14.3. The van der Waals surface area contributed by atoms with E-state index in [4.69, 9.17) is 0 Å². The van der Waals surface area contributed by atoms with Crippen LogP contribution in [0, 0.1) is 6.92 Å². The quantitative estimate of drug-likeness (QED) is 0.384. The van der Waals surface area contributed by atoms with E-state index in [1.807, 2.05) is 18.2 Å². The zero-order valence-corrected chi connectivity index (χ0v) is 11.4. The first-order valence-electron chi connectivity index (χ1n) is 3.23. The zero-order chi connectivity index (χ0) is 7.82. The van der Waals surface area contributed by atoms with Gasteiger partial charge in [-0.2, -0.15) is 6.92 Å². The van der Waals surface area contributed by atoms with E-state index in [2.05, 4.69) is 25.3 Å². The number of halogens is 1. The van der Waals surface area contributed by atoms with Gasteiger partial charge >= 0.3 is 23.1 Å². The molecule has 12 heavy (non-hydrogen) atoms. The summed E-state index contributed by atoms with van der Waals surface area (Å²) >= 11 is 1.77. The molecule has 0 fully saturated rings. The van der Waals surface area contributed by atoms with Crippen LogP contribution in [0.4, 0.5) is 0 Å². The molecule has 0 aliphatic rings. The van der Waals surface area contributed by atoms with Gasteiger partial charge in [-0.25, -0.2) is 0 Å². The summed E-state index contributed by atoms with van der Waals surface area (Å²) in [4.78, 5) is 1.33. The Hall–Kier alpha value is 0.816. The summed E-state index contributed by atoms with van der Waals surface area (Å²) in [5, 5.41) is 0. The van der Waals surface area contributed by atoms with Crippen molar-refractivity contribution >= 4 is 34.8 Å². The molecule has 0 saturated carbocycles. The fourth-order valence-corrected chi connectivity index (χ4v) is 0.986. The van der Waals surface area contributed by atoms with E-state index >= 15 is 0 Å². The van der Waals surface area contributed by atoms with Crippen LogP contribution < -0.4 is 17.0 Å². The van der Waals surface area contributed by atoms with Crippen molar-refractivity contribution in [1.82, 2.24) is 0 Å². The van der Waals surface area contributed by atoms with Gasteiger partial charge in [0.25, 0.3) is 0 Å². The van der Waals surface area contributed by atoms with E-state index in [1.54, 1.807) is 18.7 Å². The molecule has 1 aromatic carbocycles. The average Bonchev–Trinajstić information content (AvgIpc) is 2.10. The van der Waals surface area contributed by atoms with Crippen molar-refractivity contribution in [3.8, 4) is 0 Å². The van der Waals surface area contributed by atoms with Crippen molar-refractivity contribution in [3.05, 3.63) is 37.3 Å². The minimum absolute atomic E-state index is 0. The molecule has 0 heterocycles. The van der Waals surface area contributed by atoms with Crippen LogP contribution >= 0.6 is 11.8 Å². The van der Waals surface area contributed by atoms with E-state index in [0.29, 0.717) is 0 Å². The number of hydrogen-bond donors (Lipinski definition) is 0. The van der Waals surface area contributed by atoms with Crippen molar-refractivity contribution in [3.63, 3.8) is 0 Å². The summed E-state index contributed by atoms with van der Waals surface area (Å²) in [6.45, 7) is 5.00. The van der Waals surface area contributed by atoms with Gasteiger partial charge in [-0.3, -0.25) is 0 Å². The minimum Gasteiger partial charge on any atom is -1.00 e. The molecule has 0 bridgehead atoms. The van der Waals surface area contributed by atoms with E-state index in [9.17, 15) is 0 Å². The van der Waals surface area contributed by atoms with Crippen molar-refractivity contribution in [2.75, 3.05) is 6.26 Å². The van der Waals surface area contributed by atoms with Crippen molar-refractivity contribution < 1.29 is 17.0 Å². The van der Waals surface area contributed by atoms with Gasteiger partial charge in [0.2, 0.25) is 0 Å². The largest absolute Gasteiger partial charge is 2.00 e. The Morgan fingerprint density at radius 3 is 1.75 bits per heavy atom. The zero-order valence-electron chi connectivity index (χ0n) is 7.59. The van der Waals surface area contributed by atoms with Gasteiger partial charge < -0.3 is 23.9 Å². The van der Waals surface area contributed by atoms with E-state index in [1.165, 1.54) is 4.90 Å². The number of thioether (sulfide) groups is 1. The van der Waals surface area contributed by atoms with Crippen LogP contribution in [0.2, 0.25) is 0 Å². The fraction of sp³-hybridized carbons (Fsp3) is 0.222. The first kappa shape index (κ1) is 18.6. The third-order valence-corrected chi connectivity index (χ3v) is 1.72. The van der Waals surface area contributed by atoms with E-state index in [-0.39, 0.29) is 40.0 Å². The van der Waals surface area contributed by atoms with Crippen molar-refractivity contribution in [2.24, 2.45) is 0 Å². The molecule has 0 atom stereocenters. The van der Waals surface area contributed by atoms with Crippen LogP contribution in [0.1, 0.15) is 6.92 Å². The first-order chi connectivity index (χ1) is 4.93. The van der Waals surface area contributed by atoms with Gasteiger partial charge in [-0.05, 0) is 18.4 Å². The standard InChI is InChI=1S/C7H8S.C2H5.BrH.Mg/c1-8-7-5-3-2-4-6-7;1-2;;/h2-6H,1H3;1H2,2H3;1H;/q;-1;;+2/p-1. The molecule has 64 valence electrons. The maximum atomic E-state index is 3.25. The Morgan fingerprint density at radius 2 is 1.50 bits per heavy atom. The Morgan fingerprint density at radius 1 is 1.08 bits per heavy atom. The summed E-state index contributed by atoms with van der Waals surface area (Å²) in [5.74, 6) is 0. The molecular weight excluding hydrogens is 244 g/mol. The van der Waals surface area contributed by atoms with Crippen LogP contribution in [0.5, 0.6) is 0 Å². The van der Waals surface area contributed by atoms with Crippen LogP contribution in [0.15, 0.2) is 35.2 Å². The molecular formula is C9H13BrMgS. The Bertz CT molecular complexity index is 156. The number of hydrogen-bond acceptors (Lipinski definition) is 1. The normalized spacial score (nSPS) is 6.58. The topological polar surface area (TPSA) is 0 Å². The van der Waals surface area contributed by atoms with Crippen LogP contribution in [-0.4, -0.2) is 29.3 Å². The second-order valence-electron chi connectivity index (χ2n) is 1.52. The molecule has 0 saturated heterocycles. The third kappa shape index (κ3) is 8.91. The fourth-order valence-electron chi connectivity index (χ4n) is 0.557. The van der Waals surface area contributed by atoms with Crippen LogP contribution in [0.3, 0.4) is 0 Å². The van der Waals surface area contributed by atoms with E-state index < -0.39 is 0 Å². The van der Waals surface area contributed by atoms with Crippen molar-refractivity contribution in [1.29, 1.82) is 0 Å². The Kier molecular flexibility index (Phi) is 22.2. The predicted molar refractivity (Wildman–Crippen MR) is 55.0 cm³/mol. The van der Waals surface area contributed by atoms with Gasteiger partial charge in [0, 0.05) is 4.90 Å². The summed E-state index contributed by atoms with van der Waals surface area (Å²) in [6.07, 6.45) is 2.08. The summed E-state index contributed by atoms with van der Waals surface area (Å²) < 4.78 is 0. The molecule has 0 aliphatic carbocycles. The monoisotopic (exact) mass is 256 g/mol. The summed E-state index contributed by atoms with van der Waals surface area (Å²) in [6, 6.07) is 10.3. The Labute approximate surface area is 106 Å². The molecule has 3 heteroatoms. The molecule has 0 aromatic heterocycles. The molecule has 1 rings (SSSR count). The number of rotatable bonds is 1. The average molecular weight is 257 g/mol. The van der Waals surface area contributed by atoms with Gasteiger partial charge in [0.05, 0.1) is 0 Å². The molecule has 1 aromatic rings. The smallest absolute Gasteiger partial charge is 1.00 e. The van der Waals surface area contributed by atoms with Crippen LogP contribution in [-0.2, 0) is 0 Å². The van der Waals surface area contributed by atoms with Gasteiger partial charge in [0.1, 0.15) is 0 Å². The molecule has 0 unspecified atom stereocenters. The maximum Gasteiger partial charge on any atom is 2.00 e. The molecule has 0 spiro atoms. The minimum atomic E-state index is 0. The predicted octanol–water partition coefficient (Wildman–Crippen LogP) is -0.128. The molecule has 0 N–H and O–H groups in total.